The van der Waals surface area contributed by atoms with Crippen molar-refractivity contribution < 1.29 is 37.7 Å². The van der Waals surface area contributed by atoms with Gasteiger partial charge in [0.25, 0.3) is 11.7 Å². The van der Waals surface area contributed by atoms with Crippen LogP contribution in [0.4, 0.5) is 14.5 Å². The highest BCUT2D eigenvalue weighted by Crippen LogP contribution is 2.46. The zero-order valence-corrected chi connectivity index (χ0v) is 21.9. The number of methoxy groups -OCH3 is 2. The molecule has 3 aromatic rings. The summed E-state index contributed by atoms with van der Waals surface area (Å²) in [5, 5.41) is 11.6. The number of Topliss-reactive ketones (excluding diaryl/α,β-unsaturated/α-hetero) is 1. The first-order chi connectivity index (χ1) is 18.1. The standard InChI is InChI=1S/C27H21Cl2F2NO6/c1-4-38-21-9-13(5-8-20(21)36-2)23-22(24(33)16-10-14(28)11-17(29)26(16)37-3)25(34)27(35)32(23)19-7-6-15(30)12-18(19)31/h5-12,23,33H,4H2,1-3H3/b24-22+. The second-order valence-electron chi connectivity index (χ2n) is 8.08. The quantitative estimate of drug-likeness (QED) is 0.206. The number of halogens is 4. The molecule has 1 aliphatic rings. The number of rotatable bonds is 7. The highest BCUT2D eigenvalue weighted by Gasteiger charge is 2.48. The first kappa shape index (κ1) is 27.2. The molecule has 11 heteroatoms. The predicted octanol–water partition coefficient (Wildman–Crippen LogP) is 6.31. The number of ketones is 1. The molecular weight excluding hydrogens is 543 g/mol. The van der Waals surface area contributed by atoms with Crippen LogP contribution in [0, 0.1) is 11.6 Å². The normalized spacial score (nSPS) is 16.6. The molecule has 1 amide bonds. The van der Waals surface area contributed by atoms with Crippen molar-refractivity contribution in [2.75, 3.05) is 25.7 Å². The summed E-state index contributed by atoms with van der Waals surface area (Å²) in [5.41, 5.74) is -0.567. The Labute approximate surface area is 226 Å². The molecule has 38 heavy (non-hydrogen) atoms. The number of hydrogen-bond acceptors (Lipinski definition) is 6. The Morgan fingerprint density at radius 3 is 2.37 bits per heavy atom. The maximum absolute atomic E-state index is 15.0. The molecule has 1 aliphatic heterocycles. The Hall–Kier alpha value is -3.82. The Kier molecular flexibility index (Phi) is 7.80. The molecule has 0 spiro atoms. The number of nitrogens with zero attached hydrogens (tertiary/aromatic N) is 1. The van der Waals surface area contributed by atoms with Crippen LogP contribution in [0.1, 0.15) is 24.1 Å². The average molecular weight is 564 g/mol. The SMILES string of the molecule is CCOc1cc(C2/C(=C(\O)c3cc(Cl)cc(Cl)c3OC)C(=O)C(=O)N2c2ccc(F)cc2F)ccc1OC. The molecule has 1 fully saturated rings. The van der Waals surface area contributed by atoms with Crippen LogP contribution in [0.3, 0.4) is 0 Å². The average Bonchev–Trinajstić information content (AvgIpc) is 3.13. The van der Waals surface area contributed by atoms with E-state index in [0.717, 1.165) is 17.0 Å². The number of hydrogen-bond donors (Lipinski definition) is 1. The van der Waals surface area contributed by atoms with Gasteiger partial charge in [0.05, 0.1) is 48.7 Å². The van der Waals surface area contributed by atoms with Gasteiger partial charge in [0.1, 0.15) is 23.1 Å². The molecule has 0 bridgehead atoms. The van der Waals surface area contributed by atoms with Gasteiger partial charge in [0.15, 0.2) is 11.5 Å². The second-order valence-corrected chi connectivity index (χ2v) is 8.92. The molecule has 198 valence electrons. The largest absolute Gasteiger partial charge is 0.507 e. The van der Waals surface area contributed by atoms with E-state index in [-0.39, 0.29) is 45.0 Å². The maximum Gasteiger partial charge on any atom is 0.300 e. The van der Waals surface area contributed by atoms with Crippen LogP contribution in [0.2, 0.25) is 10.0 Å². The lowest BCUT2D eigenvalue weighted by Gasteiger charge is -2.26. The number of carbonyl (C=O) groups excluding carboxylic acids is 2. The number of ether oxygens (including phenoxy) is 3. The van der Waals surface area contributed by atoms with E-state index < -0.39 is 40.7 Å². The van der Waals surface area contributed by atoms with Crippen molar-refractivity contribution in [2.45, 2.75) is 13.0 Å². The van der Waals surface area contributed by atoms with Crippen molar-refractivity contribution in [1.82, 2.24) is 0 Å². The molecule has 1 N–H and O–H groups in total. The maximum atomic E-state index is 15.0. The Balaban J connectivity index is 2.05. The highest BCUT2D eigenvalue weighted by atomic mass is 35.5. The molecular formula is C27H21Cl2F2NO6. The monoisotopic (exact) mass is 563 g/mol. The van der Waals surface area contributed by atoms with Crippen molar-refractivity contribution in [1.29, 1.82) is 0 Å². The van der Waals surface area contributed by atoms with Crippen LogP contribution in [0.25, 0.3) is 5.76 Å². The fraction of sp³-hybridized carbons (Fsp3) is 0.185. The Morgan fingerprint density at radius 2 is 1.74 bits per heavy atom. The second kappa shape index (κ2) is 10.9. The van der Waals surface area contributed by atoms with Crippen molar-refractivity contribution in [3.8, 4) is 17.2 Å². The lowest BCUT2D eigenvalue weighted by molar-refractivity contribution is -0.132. The third-order valence-electron chi connectivity index (χ3n) is 5.88. The molecule has 0 aromatic heterocycles. The molecule has 1 atom stereocenters. The summed E-state index contributed by atoms with van der Waals surface area (Å²) in [6, 6.07) is 8.47. The summed E-state index contributed by atoms with van der Waals surface area (Å²) < 4.78 is 44.9. The first-order valence-corrected chi connectivity index (χ1v) is 12.0. The van der Waals surface area contributed by atoms with Gasteiger partial charge >= 0.3 is 0 Å². The van der Waals surface area contributed by atoms with E-state index in [1.807, 2.05) is 0 Å². The Bertz CT molecular complexity index is 1480. The van der Waals surface area contributed by atoms with Crippen LogP contribution < -0.4 is 19.1 Å². The zero-order valence-electron chi connectivity index (χ0n) is 20.4. The van der Waals surface area contributed by atoms with Gasteiger partial charge in [0.2, 0.25) is 0 Å². The van der Waals surface area contributed by atoms with Gasteiger partial charge in [-0.2, -0.15) is 0 Å². The molecule has 0 saturated carbocycles. The third kappa shape index (κ3) is 4.75. The minimum atomic E-state index is -1.36. The number of aliphatic hydroxyl groups is 1. The third-order valence-corrected chi connectivity index (χ3v) is 6.38. The molecule has 4 rings (SSSR count). The van der Waals surface area contributed by atoms with Gasteiger partial charge in [-0.3, -0.25) is 14.5 Å². The summed E-state index contributed by atoms with van der Waals surface area (Å²) in [5.74, 6) is -4.25. The molecule has 3 aromatic carbocycles. The minimum absolute atomic E-state index is 0.00350. The predicted molar refractivity (Wildman–Crippen MR) is 138 cm³/mol. The van der Waals surface area contributed by atoms with Crippen molar-refractivity contribution >= 4 is 46.3 Å². The van der Waals surface area contributed by atoms with Crippen LogP contribution >= 0.6 is 23.2 Å². The lowest BCUT2D eigenvalue weighted by Crippen LogP contribution is -2.30. The van der Waals surface area contributed by atoms with Gasteiger partial charge < -0.3 is 19.3 Å². The number of aliphatic hydroxyl groups excluding tert-OH is 1. The van der Waals surface area contributed by atoms with E-state index in [9.17, 15) is 23.5 Å². The first-order valence-electron chi connectivity index (χ1n) is 11.2. The summed E-state index contributed by atoms with van der Waals surface area (Å²) >= 11 is 12.4. The zero-order chi connectivity index (χ0) is 27.7. The van der Waals surface area contributed by atoms with Crippen molar-refractivity contribution in [3.05, 3.63) is 86.9 Å². The van der Waals surface area contributed by atoms with Crippen LogP contribution in [0.15, 0.2) is 54.1 Å². The molecule has 1 unspecified atom stereocenters. The smallest absolute Gasteiger partial charge is 0.300 e. The fourth-order valence-corrected chi connectivity index (χ4v) is 4.86. The Morgan fingerprint density at radius 1 is 1.00 bits per heavy atom. The van der Waals surface area contributed by atoms with Crippen LogP contribution in [0.5, 0.6) is 17.2 Å². The molecule has 1 saturated heterocycles. The number of benzene rings is 3. The van der Waals surface area contributed by atoms with Gasteiger partial charge in [-0.15, -0.1) is 0 Å². The number of anilines is 1. The van der Waals surface area contributed by atoms with E-state index in [2.05, 4.69) is 0 Å². The van der Waals surface area contributed by atoms with E-state index >= 15 is 0 Å². The van der Waals surface area contributed by atoms with Crippen molar-refractivity contribution in [2.24, 2.45) is 0 Å². The van der Waals surface area contributed by atoms with E-state index in [0.29, 0.717) is 11.8 Å². The molecule has 0 aliphatic carbocycles. The minimum Gasteiger partial charge on any atom is -0.507 e. The lowest BCUT2D eigenvalue weighted by atomic mass is 9.94. The molecule has 0 radical (unpaired) electrons. The summed E-state index contributed by atoms with van der Waals surface area (Å²) in [6.45, 7) is 2.02. The molecule has 1 heterocycles. The molecule has 7 nitrogen and oxygen atoms in total. The van der Waals surface area contributed by atoms with E-state index in [1.165, 1.54) is 44.6 Å². The van der Waals surface area contributed by atoms with E-state index in [1.54, 1.807) is 6.92 Å². The van der Waals surface area contributed by atoms with Crippen LogP contribution in [-0.4, -0.2) is 37.6 Å². The van der Waals surface area contributed by atoms with Crippen molar-refractivity contribution in [3.63, 3.8) is 0 Å². The van der Waals surface area contributed by atoms with E-state index in [4.69, 9.17) is 37.4 Å². The number of amides is 1. The van der Waals surface area contributed by atoms with Gasteiger partial charge in [-0.05, 0) is 48.9 Å². The summed E-state index contributed by atoms with van der Waals surface area (Å²) in [4.78, 5) is 27.6. The van der Waals surface area contributed by atoms with Gasteiger partial charge in [-0.25, -0.2) is 8.78 Å². The highest BCUT2D eigenvalue weighted by molar-refractivity contribution is 6.52. The van der Waals surface area contributed by atoms with Gasteiger partial charge in [0, 0.05) is 11.1 Å². The van der Waals surface area contributed by atoms with Gasteiger partial charge in [-0.1, -0.05) is 29.3 Å². The number of carbonyl (C=O) groups is 2. The summed E-state index contributed by atoms with van der Waals surface area (Å²) in [7, 11) is 2.74. The van der Waals surface area contributed by atoms with Crippen LogP contribution in [-0.2, 0) is 9.59 Å². The summed E-state index contributed by atoms with van der Waals surface area (Å²) in [6.07, 6.45) is 0. The fourth-order valence-electron chi connectivity index (χ4n) is 4.29. The topological polar surface area (TPSA) is 85.3 Å².